The van der Waals surface area contributed by atoms with Crippen LogP contribution in [0.25, 0.3) is 0 Å². The number of primary amides is 2. The first kappa shape index (κ1) is 14.5. The van der Waals surface area contributed by atoms with Crippen molar-refractivity contribution in [3.8, 4) is 0 Å². The van der Waals surface area contributed by atoms with Gasteiger partial charge in [0.25, 0.3) is 0 Å². The smallest absolute Gasteiger partial charge is 0.219 e. The Balaban J connectivity index is 0.000000487. The van der Waals surface area contributed by atoms with Crippen LogP contribution >= 0.6 is 11.6 Å². The second-order valence-electron chi connectivity index (χ2n) is 3.16. The molecule has 1 atom stereocenters. The lowest BCUT2D eigenvalue weighted by atomic mass is 10.1. The van der Waals surface area contributed by atoms with Gasteiger partial charge in [0.05, 0.1) is 5.38 Å². The highest BCUT2D eigenvalue weighted by Gasteiger charge is 2.09. The van der Waals surface area contributed by atoms with E-state index >= 15 is 0 Å². The normalized spacial score (nSPS) is 10.9. The first-order chi connectivity index (χ1) is 7.43. The lowest BCUT2D eigenvalue weighted by Gasteiger charge is -2.05. The molecule has 0 fully saturated rings. The summed E-state index contributed by atoms with van der Waals surface area (Å²) in [5, 5.41) is -0.302. The van der Waals surface area contributed by atoms with Gasteiger partial charge in [0.2, 0.25) is 11.8 Å². The van der Waals surface area contributed by atoms with E-state index in [4.69, 9.17) is 17.3 Å². The van der Waals surface area contributed by atoms with Crippen LogP contribution in [0.1, 0.15) is 24.3 Å². The molecule has 0 aliphatic heterocycles. The van der Waals surface area contributed by atoms with Gasteiger partial charge in [-0.15, -0.1) is 11.6 Å². The lowest BCUT2D eigenvalue weighted by molar-refractivity contribution is -0.118. The van der Waals surface area contributed by atoms with Crippen LogP contribution in [0.2, 0.25) is 0 Å². The van der Waals surface area contributed by atoms with Gasteiger partial charge in [0.15, 0.2) is 0 Å². The maximum Gasteiger partial charge on any atom is 0.219 e. The number of amides is 2. The fourth-order valence-corrected chi connectivity index (χ4v) is 1.25. The van der Waals surface area contributed by atoms with Crippen LogP contribution in [0, 0.1) is 0 Å². The van der Waals surface area contributed by atoms with E-state index in [1.807, 2.05) is 30.3 Å². The Kier molecular flexibility index (Phi) is 6.96. The third-order valence-corrected chi connectivity index (χ3v) is 1.95. The first-order valence-corrected chi connectivity index (χ1v) is 5.10. The third kappa shape index (κ3) is 7.82. The minimum atomic E-state index is -0.376. The van der Waals surface area contributed by atoms with Crippen molar-refractivity contribution in [1.29, 1.82) is 0 Å². The summed E-state index contributed by atoms with van der Waals surface area (Å²) in [5.41, 5.74) is 10.4. The Morgan fingerprint density at radius 1 is 1.25 bits per heavy atom. The van der Waals surface area contributed by atoms with Crippen LogP contribution in [0.5, 0.6) is 0 Å². The van der Waals surface area contributed by atoms with Crippen LogP contribution in [0.3, 0.4) is 0 Å². The standard InChI is InChI=1S/C9H10ClNO.C2H5NO/c10-8(6-9(11)12)7-4-2-1-3-5-7;1-2(3)4/h1-5,8H,6H2,(H2,11,12);1H3,(H2,3,4). The molecular weight excluding hydrogens is 228 g/mol. The molecular formula is C11H15ClN2O2. The van der Waals surface area contributed by atoms with Crippen molar-refractivity contribution in [3.05, 3.63) is 35.9 Å². The minimum Gasteiger partial charge on any atom is -0.370 e. The van der Waals surface area contributed by atoms with Gasteiger partial charge in [-0.25, -0.2) is 0 Å². The van der Waals surface area contributed by atoms with E-state index in [1.54, 1.807) is 0 Å². The second-order valence-corrected chi connectivity index (χ2v) is 3.69. The molecule has 0 saturated carbocycles. The predicted octanol–water partition coefficient (Wildman–Crippen LogP) is 1.33. The van der Waals surface area contributed by atoms with Crippen molar-refractivity contribution in [2.45, 2.75) is 18.7 Å². The number of carbonyl (C=O) groups excluding carboxylic acids is 2. The molecule has 0 aromatic heterocycles. The van der Waals surface area contributed by atoms with E-state index in [0.29, 0.717) is 0 Å². The molecule has 1 unspecified atom stereocenters. The van der Waals surface area contributed by atoms with E-state index in [2.05, 4.69) is 5.73 Å². The molecule has 0 aliphatic rings. The van der Waals surface area contributed by atoms with Crippen molar-refractivity contribution in [2.75, 3.05) is 0 Å². The molecule has 0 spiro atoms. The van der Waals surface area contributed by atoms with E-state index < -0.39 is 0 Å². The molecule has 0 bridgehead atoms. The number of hydrogen-bond acceptors (Lipinski definition) is 2. The Morgan fingerprint density at radius 2 is 1.69 bits per heavy atom. The molecule has 0 aliphatic carbocycles. The monoisotopic (exact) mass is 242 g/mol. The molecule has 0 heterocycles. The molecule has 0 saturated heterocycles. The highest BCUT2D eigenvalue weighted by Crippen LogP contribution is 2.22. The highest BCUT2D eigenvalue weighted by molar-refractivity contribution is 6.21. The average Bonchev–Trinajstić information content (AvgIpc) is 2.17. The number of nitrogens with two attached hydrogens (primary N) is 2. The summed E-state index contributed by atoms with van der Waals surface area (Å²) in [6.07, 6.45) is 0.186. The molecule has 2 amide bonds. The number of hydrogen-bond donors (Lipinski definition) is 2. The maximum absolute atomic E-state index is 10.5. The van der Waals surface area contributed by atoms with Gasteiger partial charge < -0.3 is 11.5 Å². The summed E-state index contributed by atoms with van der Waals surface area (Å²) in [4.78, 5) is 19.7. The average molecular weight is 243 g/mol. The number of benzene rings is 1. The van der Waals surface area contributed by atoms with Gasteiger partial charge in [-0.05, 0) is 5.56 Å². The summed E-state index contributed by atoms with van der Waals surface area (Å²) >= 11 is 5.90. The maximum atomic E-state index is 10.5. The summed E-state index contributed by atoms with van der Waals surface area (Å²) in [6.45, 7) is 1.31. The predicted molar refractivity (Wildman–Crippen MR) is 63.7 cm³/mol. The zero-order chi connectivity index (χ0) is 12.6. The van der Waals surface area contributed by atoms with Crippen LogP contribution in [-0.4, -0.2) is 11.8 Å². The van der Waals surface area contributed by atoms with Gasteiger partial charge in [-0.2, -0.15) is 0 Å². The number of halogens is 1. The molecule has 16 heavy (non-hydrogen) atoms. The lowest BCUT2D eigenvalue weighted by Crippen LogP contribution is -2.12. The van der Waals surface area contributed by atoms with Crippen LogP contribution in [0.15, 0.2) is 30.3 Å². The van der Waals surface area contributed by atoms with E-state index in [0.717, 1.165) is 5.56 Å². The van der Waals surface area contributed by atoms with Gasteiger partial charge in [-0.1, -0.05) is 30.3 Å². The molecule has 5 heteroatoms. The quantitative estimate of drug-likeness (QED) is 0.784. The summed E-state index contributed by atoms with van der Waals surface area (Å²) in [5.74, 6) is -0.709. The van der Waals surface area contributed by atoms with E-state index in [-0.39, 0.29) is 23.6 Å². The van der Waals surface area contributed by atoms with Crippen molar-refractivity contribution < 1.29 is 9.59 Å². The largest absolute Gasteiger partial charge is 0.370 e. The topological polar surface area (TPSA) is 86.2 Å². The number of rotatable bonds is 3. The van der Waals surface area contributed by atoms with Gasteiger partial charge >= 0.3 is 0 Å². The van der Waals surface area contributed by atoms with Crippen molar-refractivity contribution >= 4 is 23.4 Å². The number of alkyl halides is 1. The Bertz CT molecular complexity index is 337. The van der Waals surface area contributed by atoms with Crippen molar-refractivity contribution in [3.63, 3.8) is 0 Å². The SMILES string of the molecule is CC(N)=O.NC(=O)CC(Cl)c1ccccc1. The molecule has 88 valence electrons. The zero-order valence-corrected chi connectivity index (χ0v) is 9.78. The fraction of sp³-hybridized carbons (Fsp3) is 0.273. The first-order valence-electron chi connectivity index (χ1n) is 4.66. The van der Waals surface area contributed by atoms with Crippen molar-refractivity contribution in [2.24, 2.45) is 11.5 Å². The van der Waals surface area contributed by atoms with Crippen LogP contribution in [0.4, 0.5) is 0 Å². The van der Waals surface area contributed by atoms with Gasteiger partial charge in [-0.3, -0.25) is 9.59 Å². The Morgan fingerprint density at radius 3 is 2.06 bits per heavy atom. The minimum absolute atomic E-state index is 0.186. The summed E-state index contributed by atoms with van der Waals surface area (Å²) < 4.78 is 0. The van der Waals surface area contributed by atoms with E-state index in [9.17, 15) is 9.59 Å². The Hall–Kier alpha value is -1.55. The summed E-state index contributed by atoms with van der Waals surface area (Å²) in [6, 6.07) is 9.41. The molecule has 1 aromatic rings. The zero-order valence-electron chi connectivity index (χ0n) is 9.02. The number of carbonyl (C=O) groups is 2. The molecule has 4 nitrogen and oxygen atoms in total. The summed E-state index contributed by atoms with van der Waals surface area (Å²) in [7, 11) is 0. The molecule has 1 aromatic carbocycles. The van der Waals surface area contributed by atoms with Gasteiger partial charge in [0.1, 0.15) is 0 Å². The molecule has 1 rings (SSSR count). The Labute approximate surface area is 99.6 Å². The van der Waals surface area contributed by atoms with E-state index in [1.165, 1.54) is 6.92 Å². The fourth-order valence-electron chi connectivity index (χ4n) is 0.956. The molecule has 4 N–H and O–H groups in total. The highest BCUT2D eigenvalue weighted by atomic mass is 35.5. The van der Waals surface area contributed by atoms with Crippen LogP contribution in [-0.2, 0) is 9.59 Å². The van der Waals surface area contributed by atoms with Crippen molar-refractivity contribution in [1.82, 2.24) is 0 Å². The second kappa shape index (κ2) is 7.70. The van der Waals surface area contributed by atoms with Crippen LogP contribution < -0.4 is 11.5 Å². The van der Waals surface area contributed by atoms with Gasteiger partial charge in [0, 0.05) is 13.3 Å². The third-order valence-electron chi connectivity index (χ3n) is 1.54. The molecule has 0 radical (unpaired) electrons.